The molecule has 1 unspecified atom stereocenters. The molecule has 7 nitrogen and oxygen atoms in total. The third-order valence-corrected chi connectivity index (χ3v) is 5.28. The molecule has 10 heteroatoms. The summed E-state index contributed by atoms with van der Waals surface area (Å²) in [7, 11) is 0. The summed E-state index contributed by atoms with van der Waals surface area (Å²) < 4.78 is 43.4. The first kappa shape index (κ1) is 18.1. The molecule has 3 N–H and O–H groups in total. The fourth-order valence-corrected chi connectivity index (χ4v) is 4.06. The number of hydrazine groups is 1. The van der Waals surface area contributed by atoms with Gasteiger partial charge in [-0.1, -0.05) is 0 Å². The van der Waals surface area contributed by atoms with E-state index in [9.17, 15) is 18.0 Å². The summed E-state index contributed by atoms with van der Waals surface area (Å²) in [5.41, 5.74) is -0.700. The van der Waals surface area contributed by atoms with Crippen molar-refractivity contribution in [1.29, 1.82) is 0 Å². The van der Waals surface area contributed by atoms with Crippen molar-refractivity contribution in [2.24, 2.45) is 23.6 Å². The number of aromatic nitrogens is 2. The summed E-state index contributed by atoms with van der Waals surface area (Å²) in [6.07, 6.45) is -1.90. The van der Waals surface area contributed by atoms with Gasteiger partial charge in [-0.05, 0) is 37.8 Å². The van der Waals surface area contributed by atoms with Gasteiger partial charge < -0.3 is 10.1 Å². The molecular formula is C17H20F3N5O2. The van der Waals surface area contributed by atoms with Crippen LogP contribution < -0.4 is 15.9 Å². The molecule has 0 bridgehead atoms. The number of alkyl halides is 3. The Bertz CT molecular complexity index is 882. The van der Waals surface area contributed by atoms with Gasteiger partial charge in [0.05, 0.1) is 11.7 Å². The number of halogens is 3. The quantitative estimate of drug-likeness (QED) is 0.784. The summed E-state index contributed by atoms with van der Waals surface area (Å²) in [5.74, 6) is 6.21. The zero-order chi connectivity index (χ0) is 19.6. The van der Waals surface area contributed by atoms with Crippen LogP contribution in [0.1, 0.15) is 19.7 Å². The maximum Gasteiger partial charge on any atom is 0.573 e. The van der Waals surface area contributed by atoms with E-state index < -0.39 is 11.9 Å². The number of piperidine rings is 1. The fraction of sp³-hybridized carbons (Fsp3) is 0.529. The van der Waals surface area contributed by atoms with E-state index in [-0.39, 0.29) is 34.9 Å². The number of fused-ring (bicyclic) bond motifs is 2. The zero-order valence-corrected chi connectivity index (χ0v) is 14.8. The molecule has 1 amide bonds. The highest BCUT2D eigenvalue weighted by atomic mass is 19.4. The molecule has 1 saturated carbocycles. The van der Waals surface area contributed by atoms with Crippen molar-refractivity contribution < 1.29 is 22.7 Å². The van der Waals surface area contributed by atoms with Crippen LogP contribution >= 0.6 is 0 Å². The highest BCUT2D eigenvalue weighted by Gasteiger charge is 2.59. The topological polar surface area (TPSA) is 84.9 Å². The third-order valence-electron chi connectivity index (χ3n) is 5.28. The Hall–Kier alpha value is -2.33. The SMILES string of the molecule is CC(C)(NC(=O)[C@H]1C2CN(N)C[C@@H]21)c1ncc2c(OC(F)(F)F)cccn12. The molecule has 1 aliphatic heterocycles. The number of imidazole rings is 1. The van der Waals surface area contributed by atoms with Crippen molar-refractivity contribution in [2.45, 2.75) is 25.7 Å². The number of rotatable bonds is 4. The highest BCUT2D eigenvalue weighted by Crippen LogP contribution is 2.51. The van der Waals surface area contributed by atoms with Crippen molar-refractivity contribution in [3.63, 3.8) is 0 Å². The number of pyridine rings is 1. The second-order valence-corrected chi connectivity index (χ2v) is 7.68. The van der Waals surface area contributed by atoms with E-state index in [2.05, 4.69) is 15.0 Å². The first-order valence-corrected chi connectivity index (χ1v) is 8.61. The Balaban J connectivity index is 1.56. The van der Waals surface area contributed by atoms with Gasteiger partial charge in [-0.2, -0.15) is 0 Å². The van der Waals surface area contributed by atoms with Crippen LogP contribution in [0.5, 0.6) is 5.75 Å². The second kappa shape index (κ2) is 5.83. The van der Waals surface area contributed by atoms with Crippen molar-refractivity contribution >= 4 is 11.4 Å². The van der Waals surface area contributed by atoms with E-state index >= 15 is 0 Å². The van der Waals surface area contributed by atoms with Gasteiger partial charge in [-0.15, -0.1) is 13.2 Å². The zero-order valence-electron chi connectivity index (χ0n) is 14.8. The Kier molecular flexibility index (Phi) is 3.90. The summed E-state index contributed by atoms with van der Waals surface area (Å²) >= 11 is 0. The van der Waals surface area contributed by atoms with Crippen molar-refractivity contribution in [1.82, 2.24) is 19.7 Å². The van der Waals surface area contributed by atoms with Gasteiger partial charge in [-0.3, -0.25) is 15.0 Å². The minimum atomic E-state index is -4.79. The molecule has 2 aliphatic rings. The maximum absolute atomic E-state index is 12.6. The van der Waals surface area contributed by atoms with Crippen LogP contribution in [0.4, 0.5) is 13.2 Å². The smallest absolute Gasteiger partial charge is 0.403 e. The number of ether oxygens (including phenoxy) is 1. The molecule has 0 radical (unpaired) electrons. The molecule has 2 aromatic rings. The Morgan fingerprint density at radius 3 is 2.63 bits per heavy atom. The number of amides is 1. The van der Waals surface area contributed by atoms with Gasteiger partial charge in [0, 0.05) is 25.2 Å². The Morgan fingerprint density at radius 1 is 1.33 bits per heavy atom. The first-order valence-electron chi connectivity index (χ1n) is 8.61. The lowest BCUT2D eigenvalue weighted by Gasteiger charge is -2.26. The van der Waals surface area contributed by atoms with E-state index in [1.165, 1.54) is 22.7 Å². The Morgan fingerprint density at radius 2 is 2.00 bits per heavy atom. The third kappa shape index (κ3) is 3.23. The van der Waals surface area contributed by atoms with Crippen LogP contribution in [0.25, 0.3) is 5.52 Å². The molecule has 27 heavy (non-hydrogen) atoms. The molecule has 0 spiro atoms. The van der Waals surface area contributed by atoms with Gasteiger partial charge in [0.1, 0.15) is 11.3 Å². The molecule has 146 valence electrons. The average Bonchev–Trinajstić information content (AvgIpc) is 2.90. The number of nitrogens with one attached hydrogen (secondary N) is 1. The minimum Gasteiger partial charge on any atom is -0.403 e. The first-order chi connectivity index (χ1) is 12.6. The van der Waals surface area contributed by atoms with Gasteiger partial charge >= 0.3 is 6.36 Å². The molecule has 2 aromatic heterocycles. The number of hydrogen-bond acceptors (Lipinski definition) is 5. The number of carbonyl (C=O) groups is 1. The van der Waals surface area contributed by atoms with E-state index in [1.807, 2.05) is 0 Å². The predicted octanol–water partition coefficient (Wildman–Crippen LogP) is 1.64. The molecule has 3 atom stereocenters. The highest BCUT2D eigenvalue weighted by molar-refractivity contribution is 5.83. The van der Waals surface area contributed by atoms with Gasteiger partial charge in [0.25, 0.3) is 0 Å². The van der Waals surface area contributed by atoms with Crippen LogP contribution in [0, 0.1) is 17.8 Å². The predicted molar refractivity (Wildman–Crippen MR) is 89.3 cm³/mol. The van der Waals surface area contributed by atoms with Crippen LogP contribution in [0.3, 0.4) is 0 Å². The molecule has 0 aromatic carbocycles. The second-order valence-electron chi connectivity index (χ2n) is 7.68. The molecule has 1 aliphatic carbocycles. The van der Waals surface area contributed by atoms with Crippen molar-refractivity contribution in [3.05, 3.63) is 30.4 Å². The maximum atomic E-state index is 12.6. The summed E-state index contributed by atoms with van der Waals surface area (Å²) in [6, 6.07) is 2.67. The largest absolute Gasteiger partial charge is 0.573 e. The minimum absolute atomic E-state index is 0.0700. The van der Waals surface area contributed by atoms with E-state index in [4.69, 9.17) is 5.84 Å². The number of hydrogen-bond donors (Lipinski definition) is 2. The lowest BCUT2D eigenvalue weighted by Crippen LogP contribution is -2.44. The molecule has 4 rings (SSSR count). The van der Waals surface area contributed by atoms with Gasteiger partial charge in [-0.25, -0.2) is 9.99 Å². The summed E-state index contributed by atoms with van der Waals surface area (Å²) in [6.45, 7) is 4.94. The van der Waals surface area contributed by atoms with Crippen LogP contribution in [-0.4, -0.2) is 39.8 Å². The van der Waals surface area contributed by atoms with E-state index in [0.717, 1.165) is 0 Å². The van der Waals surface area contributed by atoms with Crippen LogP contribution in [-0.2, 0) is 10.3 Å². The number of nitrogens with two attached hydrogens (primary N) is 1. The Labute approximate surface area is 153 Å². The van der Waals surface area contributed by atoms with Gasteiger partial charge in [0.2, 0.25) is 5.91 Å². The monoisotopic (exact) mass is 383 g/mol. The average molecular weight is 383 g/mol. The standard InChI is InChI=1S/C17H20F3N5O2/c1-16(2,23-14(26)13-9-7-24(21)8-10(9)13)15-22-6-11-12(27-17(18,19)20)4-3-5-25(11)15/h3-6,9-10,13H,7-8,21H2,1-2H3,(H,23,26)/t9-,10?,13+/m0/s1. The summed E-state index contributed by atoms with van der Waals surface area (Å²) in [4.78, 5) is 16.9. The lowest BCUT2D eigenvalue weighted by atomic mass is 10.0. The van der Waals surface area contributed by atoms with Gasteiger partial charge in [0.15, 0.2) is 5.75 Å². The summed E-state index contributed by atoms with van der Waals surface area (Å²) in [5, 5.41) is 4.70. The van der Waals surface area contributed by atoms with E-state index in [0.29, 0.717) is 18.9 Å². The normalized spacial score (nSPS) is 25.5. The van der Waals surface area contributed by atoms with Crippen molar-refractivity contribution in [3.8, 4) is 5.75 Å². The van der Waals surface area contributed by atoms with Crippen LogP contribution in [0.2, 0.25) is 0 Å². The lowest BCUT2D eigenvalue weighted by molar-refractivity contribution is -0.274. The number of carbonyl (C=O) groups excluding carboxylic acids is 1. The molecular weight excluding hydrogens is 363 g/mol. The van der Waals surface area contributed by atoms with E-state index in [1.54, 1.807) is 25.1 Å². The molecule has 2 fully saturated rings. The van der Waals surface area contributed by atoms with Crippen LogP contribution in [0.15, 0.2) is 24.5 Å². The molecule has 1 saturated heterocycles. The van der Waals surface area contributed by atoms with Crippen molar-refractivity contribution in [2.75, 3.05) is 13.1 Å². The fourth-order valence-electron chi connectivity index (χ4n) is 4.06. The number of nitrogens with zero attached hydrogens (tertiary/aromatic N) is 3. The molecule has 3 heterocycles.